The fourth-order valence-corrected chi connectivity index (χ4v) is 3.43. The maximum atomic E-state index is 14.1. The van der Waals surface area contributed by atoms with E-state index in [0.717, 1.165) is 22.7 Å². The molecule has 1 fully saturated rings. The molecule has 1 aromatic heterocycles. The number of carbonyl (C=O) groups excluding carboxylic acids is 1. The Labute approximate surface area is 182 Å². The lowest BCUT2D eigenvalue weighted by Crippen LogP contribution is -2.44. The van der Waals surface area contributed by atoms with Crippen LogP contribution in [-0.4, -0.2) is 21.6 Å². The molecular weight excluding hydrogens is 417 g/mol. The lowest BCUT2D eigenvalue weighted by Gasteiger charge is -2.15. The molecule has 0 radical (unpaired) electrons. The van der Waals surface area contributed by atoms with Gasteiger partial charge in [0.2, 0.25) is 11.7 Å². The van der Waals surface area contributed by atoms with Gasteiger partial charge in [0, 0.05) is 12.3 Å². The molecule has 9 heteroatoms. The highest BCUT2D eigenvalue weighted by atomic mass is 19.1. The van der Waals surface area contributed by atoms with E-state index in [4.69, 9.17) is 9.47 Å². The van der Waals surface area contributed by atoms with Crippen molar-refractivity contribution in [1.29, 1.82) is 0 Å². The van der Waals surface area contributed by atoms with Crippen LogP contribution in [0.1, 0.15) is 24.6 Å². The summed E-state index contributed by atoms with van der Waals surface area (Å²) in [7, 11) is 0. The van der Waals surface area contributed by atoms with E-state index in [1.165, 1.54) is 0 Å². The van der Waals surface area contributed by atoms with Crippen LogP contribution in [0.5, 0.6) is 5.75 Å². The number of halogens is 1. The van der Waals surface area contributed by atoms with Gasteiger partial charge < -0.3 is 14.8 Å². The van der Waals surface area contributed by atoms with Crippen LogP contribution in [0.4, 0.5) is 10.1 Å². The molecule has 1 N–H and O–H groups in total. The third-order valence-electron chi connectivity index (χ3n) is 5.06. The van der Waals surface area contributed by atoms with Gasteiger partial charge in [-0.2, -0.15) is 4.39 Å². The molecule has 1 atom stereocenters. The molecule has 2 aromatic carbocycles. The second-order valence-corrected chi connectivity index (χ2v) is 7.37. The van der Waals surface area contributed by atoms with E-state index in [1.807, 2.05) is 30.3 Å². The minimum atomic E-state index is -1.15. The molecule has 0 saturated carbocycles. The van der Waals surface area contributed by atoms with Crippen molar-refractivity contribution in [3.05, 3.63) is 93.0 Å². The van der Waals surface area contributed by atoms with E-state index >= 15 is 0 Å². The third-order valence-corrected chi connectivity index (χ3v) is 5.06. The fourth-order valence-electron chi connectivity index (χ4n) is 3.43. The zero-order chi connectivity index (χ0) is 22.5. The Morgan fingerprint density at radius 1 is 1.12 bits per heavy atom. The maximum Gasteiger partial charge on any atom is 0.333 e. The zero-order valence-corrected chi connectivity index (χ0v) is 17.2. The number of hydrogen-bond acceptors (Lipinski definition) is 5. The van der Waals surface area contributed by atoms with Gasteiger partial charge in [0.1, 0.15) is 25.1 Å². The van der Waals surface area contributed by atoms with Crippen LogP contribution < -0.4 is 21.3 Å². The topological polar surface area (TPSA) is 91.6 Å². The van der Waals surface area contributed by atoms with E-state index in [2.05, 4.69) is 5.32 Å². The van der Waals surface area contributed by atoms with Crippen molar-refractivity contribution in [2.75, 3.05) is 11.9 Å². The lowest BCUT2D eigenvalue weighted by atomic mass is 10.2. The number of ether oxygens (including phenoxy) is 2. The number of anilines is 1. The quantitative estimate of drug-likeness (QED) is 0.611. The fraction of sp³-hybridized carbons (Fsp3) is 0.261. The Morgan fingerprint density at radius 2 is 1.88 bits per heavy atom. The number of benzene rings is 2. The molecule has 0 aliphatic carbocycles. The number of hydrogen-bond donors (Lipinski definition) is 1. The molecule has 4 rings (SSSR count). The molecular formula is C23H22FN3O5. The van der Waals surface area contributed by atoms with Crippen LogP contribution in [0, 0.1) is 5.82 Å². The van der Waals surface area contributed by atoms with Crippen molar-refractivity contribution in [1.82, 2.24) is 9.13 Å². The van der Waals surface area contributed by atoms with E-state index < -0.39 is 35.7 Å². The van der Waals surface area contributed by atoms with Gasteiger partial charge in [0.15, 0.2) is 0 Å². The van der Waals surface area contributed by atoms with Gasteiger partial charge in [-0.15, -0.1) is 0 Å². The first-order valence-corrected chi connectivity index (χ1v) is 10.2. The summed E-state index contributed by atoms with van der Waals surface area (Å²) in [5.41, 5.74) is -0.461. The summed E-state index contributed by atoms with van der Waals surface area (Å²) < 4.78 is 26.8. The van der Waals surface area contributed by atoms with Crippen LogP contribution >= 0.6 is 0 Å². The summed E-state index contributed by atoms with van der Waals surface area (Å²) in [5.74, 6) is -1.13. The van der Waals surface area contributed by atoms with Gasteiger partial charge in [0.05, 0.1) is 6.20 Å². The maximum absolute atomic E-state index is 14.1. The highest BCUT2D eigenvalue weighted by molar-refractivity contribution is 5.90. The summed E-state index contributed by atoms with van der Waals surface area (Å²) in [6.07, 6.45) is 1.45. The molecule has 3 aromatic rings. The monoisotopic (exact) mass is 439 g/mol. The van der Waals surface area contributed by atoms with Crippen molar-refractivity contribution in [2.24, 2.45) is 0 Å². The molecule has 2 heterocycles. The molecule has 0 spiro atoms. The third kappa shape index (κ3) is 4.94. The van der Waals surface area contributed by atoms with Crippen molar-refractivity contribution in [3.8, 4) is 5.75 Å². The van der Waals surface area contributed by atoms with Gasteiger partial charge in [0.25, 0.3) is 5.56 Å². The highest BCUT2D eigenvalue weighted by Gasteiger charge is 2.23. The smallest absolute Gasteiger partial charge is 0.333 e. The Hall–Kier alpha value is -3.72. The van der Waals surface area contributed by atoms with Crippen LogP contribution in [0.3, 0.4) is 0 Å². The lowest BCUT2D eigenvalue weighted by molar-refractivity contribution is -0.116. The Morgan fingerprint density at radius 3 is 2.56 bits per heavy atom. The van der Waals surface area contributed by atoms with E-state index in [9.17, 15) is 18.8 Å². The predicted molar refractivity (Wildman–Crippen MR) is 115 cm³/mol. The minimum Gasteiger partial charge on any atom is -0.489 e. The molecule has 1 amide bonds. The van der Waals surface area contributed by atoms with Gasteiger partial charge in [-0.3, -0.25) is 14.2 Å². The summed E-state index contributed by atoms with van der Waals surface area (Å²) in [5, 5.41) is 2.60. The number of rotatable bonds is 7. The van der Waals surface area contributed by atoms with Crippen LogP contribution in [0.2, 0.25) is 0 Å². The van der Waals surface area contributed by atoms with Crippen LogP contribution in [0.15, 0.2) is 70.4 Å². The molecule has 32 heavy (non-hydrogen) atoms. The summed E-state index contributed by atoms with van der Waals surface area (Å²) >= 11 is 0. The number of carbonyl (C=O) groups is 1. The second kappa shape index (κ2) is 9.61. The summed E-state index contributed by atoms with van der Waals surface area (Å²) in [6, 6.07) is 16.3. The average molecular weight is 439 g/mol. The average Bonchev–Trinajstić information content (AvgIpc) is 3.34. The van der Waals surface area contributed by atoms with E-state index in [0.29, 0.717) is 35.6 Å². The molecule has 1 aliphatic rings. The van der Waals surface area contributed by atoms with Crippen molar-refractivity contribution < 1.29 is 18.7 Å². The van der Waals surface area contributed by atoms with Crippen molar-refractivity contribution in [3.63, 3.8) is 0 Å². The molecule has 1 saturated heterocycles. The van der Waals surface area contributed by atoms with E-state index in [-0.39, 0.29) is 0 Å². The Balaban J connectivity index is 1.41. The molecule has 8 nitrogen and oxygen atoms in total. The summed E-state index contributed by atoms with van der Waals surface area (Å²) in [6.45, 7) is 0.240. The SMILES string of the molecule is O=C(Cn1c(=O)c(F)cn(C2CCCO2)c1=O)Nc1ccc(OCc2ccccc2)cc1. The zero-order valence-electron chi connectivity index (χ0n) is 17.2. The Bertz CT molecular complexity index is 1200. The molecule has 1 unspecified atom stereocenters. The largest absolute Gasteiger partial charge is 0.489 e. The Kier molecular flexibility index (Phi) is 6.46. The number of nitrogens with one attached hydrogen (secondary N) is 1. The van der Waals surface area contributed by atoms with Crippen molar-refractivity contribution in [2.45, 2.75) is 32.2 Å². The minimum absolute atomic E-state index is 0.409. The van der Waals surface area contributed by atoms with Crippen LogP contribution in [-0.2, 0) is 22.7 Å². The second-order valence-electron chi connectivity index (χ2n) is 7.37. The number of aromatic nitrogens is 2. The first-order chi connectivity index (χ1) is 15.5. The summed E-state index contributed by atoms with van der Waals surface area (Å²) in [4.78, 5) is 37.2. The van der Waals surface area contributed by atoms with Gasteiger partial charge in [-0.1, -0.05) is 30.3 Å². The van der Waals surface area contributed by atoms with Gasteiger partial charge >= 0.3 is 5.69 Å². The van der Waals surface area contributed by atoms with Crippen LogP contribution in [0.25, 0.3) is 0 Å². The first kappa shape index (κ1) is 21.5. The first-order valence-electron chi connectivity index (χ1n) is 10.2. The number of amides is 1. The molecule has 1 aliphatic heterocycles. The standard InChI is InChI=1S/C23H22FN3O5/c24-19-13-26(21-7-4-12-31-21)23(30)27(22(19)29)14-20(28)25-17-8-10-18(11-9-17)32-15-16-5-2-1-3-6-16/h1-3,5-6,8-11,13,21H,4,7,12,14-15H2,(H,25,28). The molecule has 166 valence electrons. The normalized spacial score (nSPS) is 15.5. The number of nitrogens with zero attached hydrogens (tertiary/aromatic N) is 2. The van der Waals surface area contributed by atoms with Gasteiger partial charge in [-0.25, -0.2) is 9.36 Å². The predicted octanol–water partition coefficient (Wildman–Crippen LogP) is 2.68. The molecule has 0 bridgehead atoms. The highest BCUT2D eigenvalue weighted by Crippen LogP contribution is 2.21. The van der Waals surface area contributed by atoms with Crippen molar-refractivity contribution >= 4 is 11.6 Å². The van der Waals surface area contributed by atoms with E-state index in [1.54, 1.807) is 24.3 Å². The van der Waals surface area contributed by atoms with Gasteiger partial charge in [-0.05, 0) is 42.7 Å².